The Kier molecular flexibility index (Phi) is 3.58. The third kappa shape index (κ3) is 2.99. The fourth-order valence-corrected chi connectivity index (χ4v) is 2.68. The summed E-state index contributed by atoms with van der Waals surface area (Å²) in [6.07, 6.45) is 1.19. The number of rotatable bonds is 3. The Morgan fingerprint density at radius 1 is 1.33 bits per heavy atom. The average Bonchev–Trinajstić information content (AvgIpc) is 2.61. The van der Waals surface area contributed by atoms with Crippen LogP contribution in [0.25, 0.3) is 0 Å². The molecule has 1 saturated heterocycles. The molecule has 0 aliphatic carbocycles. The van der Waals surface area contributed by atoms with Crippen LogP contribution in [0.3, 0.4) is 0 Å². The molecule has 0 N–H and O–H groups in total. The number of aryl methyl sites for hydroxylation is 2. The van der Waals surface area contributed by atoms with Gasteiger partial charge in [0.1, 0.15) is 0 Å². The first-order valence-electron chi connectivity index (χ1n) is 6.70. The van der Waals surface area contributed by atoms with Crippen molar-refractivity contribution in [2.24, 2.45) is 5.41 Å². The summed E-state index contributed by atoms with van der Waals surface area (Å²) in [5.41, 5.74) is 3.50. The van der Waals surface area contributed by atoms with Crippen LogP contribution in [0.4, 0.5) is 0 Å². The van der Waals surface area contributed by atoms with Gasteiger partial charge in [-0.05, 0) is 43.9 Å². The summed E-state index contributed by atoms with van der Waals surface area (Å²) in [4.78, 5) is 14.6. The van der Waals surface area contributed by atoms with Gasteiger partial charge in [0, 0.05) is 12.1 Å². The summed E-state index contributed by atoms with van der Waals surface area (Å²) in [5.74, 6) is 0.258. The van der Waals surface area contributed by atoms with E-state index in [0.717, 1.165) is 29.8 Å². The molecule has 1 aromatic rings. The Morgan fingerprint density at radius 3 is 2.67 bits per heavy atom. The van der Waals surface area contributed by atoms with Gasteiger partial charge in [0.05, 0.1) is 6.54 Å². The molecule has 0 unspecified atom stereocenters. The second kappa shape index (κ2) is 4.85. The number of ketones is 1. The monoisotopic (exact) mass is 245 g/mol. The first-order chi connectivity index (χ1) is 8.37. The quantitative estimate of drug-likeness (QED) is 0.762. The first-order valence-corrected chi connectivity index (χ1v) is 6.70. The van der Waals surface area contributed by atoms with E-state index in [1.807, 2.05) is 26.0 Å². The summed E-state index contributed by atoms with van der Waals surface area (Å²) >= 11 is 0. The van der Waals surface area contributed by atoms with Crippen LogP contribution in [0, 0.1) is 19.3 Å². The Labute approximate surface area is 110 Å². The highest BCUT2D eigenvalue weighted by molar-refractivity contribution is 5.99. The van der Waals surface area contributed by atoms with Crippen LogP contribution in [0.2, 0.25) is 0 Å². The van der Waals surface area contributed by atoms with Crippen molar-refractivity contribution >= 4 is 5.78 Å². The average molecular weight is 245 g/mol. The molecule has 0 aromatic heterocycles. The van der Waals surface area contributed by atoms with Gasteiger partial charge < -0.3 is 0 Å². The molecule has 2 nitrogen and oxygen atoms in total. The van der Waals surface area contributed by atoms with Crippen LogP contribution < -0.4 is 0 Å². The first kappa shape index (κ1) is 13.3. The number of likely N-dealkylation sites (tertiary alicyclic amines) is 1. The summed E-state index contributed by atoms with van der Waals surface area (Å²) in [7, 11) is 0. The molecule has 0 spiro atoms. The van der Waals surface area contributed by atoms with Crippen LogP contribution in [0.15, 0.2) is 18.2 Å². The zero-order valence-corrected chi connectivity index (χ0v) is 11.9. The van der Waals surface area contributed by atoms with Crippen LogP contribution in [0.1, 0.15) is 41.8 Å². The summed E-state index contributed by atoms with van der Waals surface area (Å²) < 4.78 is 0. The maximum Gasteiger partial charge on any atom is 0.177 e. The van der Waals surface area contributed by atoms with Gasteiger partial charge in [-0.3, -0.25) is 9.69 Å². The molecular weight excluding hydrogens is 222 g/mol. The molecule has 98 valence electrons. The molecule has 1 aliphatic heterocycles. The summed E-state index contributed by atoms with van der Waals surface area (Å²) in [5, 5.41) is 0. The van der Waals surface area contributed by atoms with Crippen LogP contribution in [0.5, 0.6) is 0 Å². The van der Waals surface area contributed by atoms with E-state index in [2.05, 4.69) is 24.8 Å². The van der Waals surface area contributed by atoms with Gasteiger partial charge in [-0.15, -0.1) is 0 Å². The maximum absolute atomic E-state index is 12.3. The molecule has 2 heteroatoms. The van der Waals surface area contributed by atoms with Crippen LogP contribution in [-0.2, 0) is 0 Å². The lowest BCUT2D eigenvalue weighted by molar-refractivity contribution is 0.0939. The normalized spacial score (nSPS) is 19.1. The predicted molar refractivity (Wildman–Crippen MR) is 75.1 cm³/mol. The molecule has 18 heavy (non-hydrogen) atoms. The molecule has 1 aromatic carbocycles. The SMILES string of the molecule is Cc1ccc(C)c(C(=O)CN2CCC(C)(C)C2)c1. The molecule has 0 atom stereocenters. The summed E-state index contributed by atoms with van der Waals surface area (Å²) in [6.45, 7) is 11.2. The number of benzene rings is 1. The fourth-order valence-electron chi connectivity index (χ4n) is 2.68. The molecule has 0 amide bonds. The van der Waals surface area contributed by atoms with Crippen molar-refractivity contribution in [1.82, 2.24) is 4.90 Å². The minimum atomic E-state index is 0.258. The number of hydrogen-bond donors (Lipinski definition) is 0. The van der Waals surface area contributed by atoms with Crippen LogP contribution in [-0.4, -0.2) is 30.3 Å². The molecule has 0 bridgehead atoms. The Hall–Kier alpha value is -1.15. The molecule has 1 aliphatic rings. The second-order valence-corrected chi connectivity index (χ2v) is 6.37. The Balaban J connectivity index is 2.06. The Morgan fingerprint density at radius 2 is 2.06 bits per heavy atom. The lowest BCUT2D eigenvalue weighted by atomic mass is 9.93. The fraction of sp³-hybridized carbons (Fsp3) is 0.562. The summed E-state index contributed by atoms with van der Waals surface area (Å²) in [6, 6.07) is 6.11. The van der Waals surface area contributed by atoms with E-state index in [1.165, 1.54) is 6.42 Å². The lowest BCUT2D eigenvalue weighted by Crippen LogP contribution is -2.29. The molecule has 0 saturated carbocycles. The van der Waals surface area contributed by atoms with Crippen molar-refractivity contribution in [3.8, 4) is 0 Å². The largest absolute Gasteiger partial charge is 0.295 e. The molecule has 1 heterocycles. The van der Waals surface area contributed by atoms with Crippen molar-refractivity contribution in [1.29, 1.82) is 0 Å². The van der Waals surface area contributed by atoms with Gasteiger partial charge in [0.25, 0.3) is 0 Å². The van der Waals surface area contributed by atoms with Crippen molar-refractivity contribution in [3.05, 3.63) is 34.9 Å². The minimum Gasteiger partial charge on any atom is -0.295 e. The Bertz CT molecular complexity index is 462. The zero-order valence-electron chi connectivity index (χ0n) is 11.9. The third-order valence-electron chi connectivity index (χ3n) is 3.82. The number of Topliss-reactive ketones (excluding diaryl/α,β-unsaturated/α-hetero) is 1. The lowest BCUT2D eigenvalue weighted by Gasteiger charge is -2.19. The number of carbonyl (C=O) groups is 1. The highest BCUT2D eigenvalue weighted by Crippen LogP contribution is 2.28. The van der Waals surface area contributed by atoms with Gasteiger partial charge in [-0.25, -0.2) is 0 Å². The van der Waals surface area contributed by atoms with E-state index in [-0.39, 0.29) is 5.78 Å². The number of carbonyl (C=O) groups excluding carboxylic acids is 1. The van der Waals surface area contributed by atoms with Crippen molar-refractivity contribution < 1.29 is 4.79 Å². The number of nitrogens with zero attached hydrogens (tertiary/aromatic N) is 1. The topological polar surface area (TPSA) is 20.3 Å². The van der Waals surface area contributed by atoms with Gasteiger partial charge in [-0.2, -0.15) is 0 Å². The van der Waals surface area contributed by atoms with Gasteiger partial charge >= 0.3 is 0 Å². The third-order valence-corrected chi connectivity index (χ3v) is 3.82. The van der Waals surface area contributed by atoms with E-state index < -0.39 is 0 Å². The van der Waals surface area contributed by atoms with Crippen molar-refractivity contribution in [3.63, 3.8) is 0 Å². The highest BCUT2D eigenvalue weighted by atomic mass is 16.1. The molecule has 0 radical (unpaired) electrons. The molecule has 2 rings (SSSR count). The van der Waals surface area contributed by atoms with E-state index in [4.69, 9.17) is 0 Å². The van der Waals surface area contributed by atoms with Crippen molar-refractivity contribution in [2.75, 3.05) is 19.6 Å². The second-order valence-electron chi connectivity index (χ2n) is 6.37. The maximum atomic E-state index is 12.3. The van der Waals surface area contributed by atoms with E-state index >= 15 is 0 Å². The van der Waals surface area contributed by atoms with Gasteiger partial charge in [-0.1, -0.05) is 31.5 Å². The standard InChI is InChI=1S/C16H23NO/c1-12-5-6-13(2)14(9-12)15(18)10-17-8-7-16(3,4)11-17/h5-6,9H,7-8,10-11H2,1-4H3. The van der Waals surface area contributed by atoms with E-state index in [9.17, 15) is 4.79 Å². The van der Waals surface area contributed by atoms with Crippen LogP contribution >= 0.6 is 0 Å². The van der Waals surface area contributed by atoms with E-state index in [1.54, 1.807) is 0 Å². The smallest absolute Gasteiger partial charge is 0.177 e. The van der Waals surface area contributed by atoms with Gasteiger partial charge in [0.2, 0.25) is 0 Å². The minimum absolute atomic E-state index is 0.258. The zero-order chi connectivity index (χ0) is 13.3. The van der Waals surface area contributed by atoms with Crippen molar-refractivity contribution in [2.45, 2.75) is 34.1 Å². The molecular formula is C16H23NO. The highest BCUT2D eigenvalue weighted by Gasteiger charge is 2.30. The van der Waals surface area contributed by atoms with Gasteiger partial charge in [0.15, 0.2) is 5.78 Å². The van der Waals surface area contributed by atoms with E-state index in [0.29, 0.717) is 12.0 Å². The number of hydrogen-bond acceptors (Lipinski definition) is 2. The predicted octanol–water partition coefficient (Wildman–Crippen LogP) is 3.22. The molecule has 1 fully saturated rings.